The lowest BCUT2D eigenvalue weighted by atomic mass is 10.0. The number of nitrogens with one attached hydrogen (secondary N) is 2. The van der Waals surface area contributed by atoms with E-state index in [0.717, 1.165) is 5.56 Å². The number of hydrogen-bond acceptors (Lipinski definition) is 4. The summed E-state index contributed by atoms with van der Waals surface area (Å²) in [6, 6.07) is 11.2. The van der Waals surface area contributed by atoms with Crippen LogP contribution in [0, 0.1) is 11.2 Å². The molecule has 1 saturated carbocycles. The van der Waals surface area contributed by atoms with Gasteiger partial charge in [0.1, 0.15) is 22.7 Å². The van der Waals surface area contributed by atoms with Gasteiger partial charge in [0.15, 0.2) is 0 Å². The number of amides is 2. The third kappa shape index (κ3) is 4.24. The Bertz CT molecular complexity index is 863. The Balaban J connectivity index is 1.60. The maximum Gasteiger partial charge on any atom is 0.240 e. The second kappa shape index (κ2) is 8.29. The van der Waals surface area contributed by atoms with E-state index >= 15 is 0 Å². The van der Waals surface area contributed by atoms with Crippen LogP contribution in [0.4, 0.5) is 10.1 Å². The van der Waals surface area contributed by atoms with Crippen molar-refractivity contribution >= 4 is 17.5 Å². The van der Waals surface area contributed by atoms with Crippen molar-refractivity contribution in [3.05, 3.63) is 53.8 Å². The van der Waals surface area contributed by atoms with Crippen LogP contribution in [-0.2, 0) is 16.0 Å². The molecular weight excluding hydrogens is 363 g/mol. The molecule has 2 amide bonds. The predicted octanol–water partition coefficient (Wildman–Crippen LogP) is 2.92. The molecule has 0 radical (unpaired) electrons. The van der Waals surface area contributed by atoms with Crippen LogP contribution in [0.25, 0.3) is 0 Å². The molecule has 1 fully saturated rings. The van der Waals surface area contributed by atoms with Crippen molar-refractivity contribution < 1.29 is 23.5 Å². The molecule has 2 N–H and O–H groups in total. The molecule has 7 heteroatoms. The fourth-order valence-electron chi connectivity index (χ4n) is 2.98. The minimum atomic E-state index is -1.06. The molecule has 0 spiro atoms. The highest BCUT2D eigenvalue weighted by atomic mass is 19.1. The number of anilines is 1. The van der Waals surface area contributed by atoms with Crippen LogP contribution in [0.5, 0.6) is 11.5 Å². The minimum absolute atomic E-state index is 0.297. The summed E-state index contributed by atoms with van der Waals surface area (Å²) in [4.78, 5) is 25.4. The van der Waals surface area contributed by atoms with Gasteiger partial charge in [0, 0.05) is 12.6 Å². The van der Waals surface area contributed by atoms with E-state index in [-0.39, 0.29) is 17.6 Å². The number of halogens is 1. The van der Waals surface area contributed by atoms with Crippen LogP contribution >= 0.6 is 0 Å². The average Bonchev–Trinajstić information content (AvgIpc) is 3.51. The Morgan fingerprint density at radius 3 is 2.36 bits per heavy atom. The quantitative estimate of drug-likeness (QED) is 0.684. The third-order valence-electron chi connectivity index (χ3n) is 4.89. The fraction of sp³-hybridized carbons (Fsp3) is 0.333. The third-order valence-corrected chi connectivity index (χ3v) is 4.89. The topological polar surface area (TPSA) is 76.7 Å². The molecule has 148 valence electrons. The van der Waals surface area contributed by atoms with Gasteiger partial charge in [-0.25, -0.2) is 4.39 Å². The molecular formula is C21H23FN2O4. The van der Waals surface area contributed by atoms with E-state index in [2.05, 4.69) is 10.6 Å². The Labute approximate surface area is 163 Å². The van der Waals surface area contributed by atoms with Gasteiger partial charge in [-0.15, -0.1) is 0 Å². The van der Waals surface area contributed by atoms with E-state index in [1.165, 1.54) is 26.4 Å². The zero-order valence-corrected chi connectivity index (χ0v) is 15.9. The second-order valence-electron chi connectivity index (χ2n) is 6.73. The lowest BCUT2D eigenvalue weighted by molar-refractivity contribution is -0.134. The lowest BCUT2D eigenvalue weighted by Crippen LogP contribution is -2.40. The summed E-state index contributed by atoms with van der Waals surface area (Å²) < 4.78 is 23.4. The Morgan fingerprint density at radius 2 is 1.75 bits per heavy atom. The van der Waals surface area contributed by atoms with Gasteiger partial charge in [-0.2, -0.15) is 0 Å². The standard InChI is InChI=1S/C21H23FN2O4/c1-27-16-7-8-18(28-2)17(13-16)24-20(26)21(10-11-21)19(25)23-12-9-14-3-5-15(22)6-4-14/h3-8,13H,9-12H2,1-2H3,(H,23,25)(H,24,26). The van der Waals surface area contributed by atoms with Crippen molar-refractivity contribution in [1.82, 2.24) is 5.32 Å². The Hall–Kier alpha value is -3.09. The molecule has 0 heterocycles. The van der Waals surface area contributed by atoms with E-state index in [4.69, 9.17) is 9.47 Å². The largest absolute Gasteiger partial charge is 0.497 e. The highest BCUT2D eigenvalue weighted by molar-refractivity contribution is 6.13. The van der Waals surface area contributed by atoms with E-state index in [1.54, 1.807) is 30.3 Å². The molecule has 0 unspecified atom stereocenters. The number of hydrogen-bond donors (Lipinski definition) is 2. The van der Waals surface area contributed by atoms with Gasteiger partial charge in [0.25, 0.3) is 0 Å². The summed E-state index contributed by atoms with van der Waals surface area (Å²) >= 11 is 0. The van der Waals surface area contributed by atoms with Crippen molar-refractivity contribution in [3.63, 3.8) is 0 Å². The van der Waals surface area contributed by atoms with Crippen LogP contribution in [0.2, 0.25) is 0 Å². The van der Waals surface area contributed by atoms with Crippen molar-refractivity contribution in [2.45, 2.75) is 19.3 Å². The molecule has 0 bridgehead atoms. The average molecular weight is 386 g/mol. The van der Waals surface area contributed by atoms with Crippen molar-refractivity contribution in [2.24, 2.45) is 5.41 Å². The molecule has 2 aromatic carbocycles. The first kappa shape index (κ1) is 19.7. The molecule has 3 rings (SSSR count). The van der Waals surface area contributed by atoms with Crippen LogP contribution in [0.15, 0.2) is 42.5 Å². The van der Waals surface area contributed by atoms with Gasteiger partial charge in [0.2, 0.25) is 11.8 Å². The molecule has 0 saturated heterocycles. The summed E-state index contributed by atoms with van der Waals surface area (Å²) in [5.74, 6) is 0.105. The van der Waals surface area contributed by atoms with Gasteiger partial charge in [-0.05, 0) is 49.1 Å². The number of rotatable bonds is 8. The summed E-state index contributed by atoms with van der Waals surface area (Å²) in [7, 11) is 3.04. The van der Waals surface area contributed by atoms with Crippen LogP contribution in [-0.4, -0.2) is 32.6 Å². The maximum absolute atomic E-state index is 12.9. The zero-order valence-electron chi connectivity index (χ0n) is 15.9. The number of carbonyl (C=O) groups is 2. The van der Waals surface area contributed by atoms with Gasteiger partial charge in [0.05, 0.1) is 19.9 Å². The molecule has 1 aliphatic carbocycles. The van der Waals surface area contributed by atoms with Crippen molar-refractivity contribution in [2.75, 3.05) is 26.1 Å². The predicted molar refractivity (Wildman–Crippen MR) is 103 cm³/mol. The normalized spacial score (nSPS) is 14.1. The number of benzene rings is 2. The molecule has 1 aliphatic rings. The fourth-order valence-corrected chi connectivity index (χ4v) is 2.98. The molecule has 2 aromatic rings. The summed E-state index contributed by atoms with van der Waals surface area (Å²) in [5.41, 5.74) is 0.311. The van der Waals surface area contributed by atoms with Gasteiger partial charge in [-0.1, -0.05) is 12.1 Å². The monoisotopic (exact) mass is 386 g/mol. The second-order valence-corrected chi connectivity index (χ2v) is 6.73. The highest BCUT2D eigenvalue weighted by Gasteiger charge is 2.56. The smallest absolute Gasteiger partial charge is 0.240 e. The lowest BCUT2D eigenvalue weighted by Gasteiger charge is -2.17. The van der Waals surface area contributed by atoms with Gasteiger partial charge < -0.3 is 20.1 Å². The molecule has 0 atom stereocenters. The summed E-state index contributed by atoms with van der Waals surface area (Å²) in [6.45, 7) is 0.377. The Morgan fingerprint density at radius 1 is 1.04 bits per heavy atom. The van der Waals surface area contributed by atoms with E-state index in [1.807, 2.05) is 0 Å². The molecule has 0 aliphatic heterocycles. The first-order chi connectivity index (χ1) is 13.5. The van der Waals surface area contributed by atoms with Crippen LogP contribution < -0.4 is 20.1 Å². The maximum atomic E-state index is 12.9. The highest BCUT2D eigenvalue weighted by Crippen LogP contribution is 2.47. The van der Waals surface area contributed by atoms with E-state index in [9.17, 15) is 14.0 Å². The number of methoxy groups -OCH3 is 2. The van der Waals surface area contributed by atoms with Gasteiger partial charge in [-0.3, -0.25) is 9.59 Å². The number of carbonyl (C=O) groups excluding carboxylic acids is 2. The zero-order chi connectivity index (χ0) is 20.1. The van der Waals surface area contributed by atoms with E-state index < -0.39 is 5.41 Å². The van der Waals surface area contributed by atoms with Gasteiger partial charge >= 0.3 is 0 Å². The molecule has 0 aromatic heterocycles. The molecule has 6 nitrogen and oxygen atoms in total. The van der Waals surface area contributed by atoms with Crippen molar-refractivity contribution in [3.8, 4) is 11.5 Å². The summed E-state index contributed by atoms with van der Waals surface area (Å²) in [6.07, 6.45) is 1.55. The van der Waals surface area contributed by atoms with E-state index in [0.29, 0.717) is 43.0 Å². The molecule has 28 heavy (non-hydrogen) atoms. The SMILES string of the molecule is COc1ccc(OC)c(NC(=O)C2(C(=O)NCCc3ccc(F)cc3)CC2)c1. The number of ether oxygens (including phenoxy) is 2. The van der Waals surface area contributed by atoms with Crippen LogP contribution in [0.1, 0.15) is 18.4 Å². The van der Waals surface area contributed by atoms with Crippen molar-refractivity contribution in [1.29, 1.82) is 0 Å². The summed E-state index contributed by atoms with van der Waals surface area (Å²) in [5, 5.41) is 5.60. The van der Waals surface area contributed by atoms with Crippen LogP contribution in [0.3, 0.4) is 0 Å². The first-order valence-electron chi connectivity index (χ1n) is 9.05. The minimum Gasteiger partial charge on any atom is -0.497 e. The first-order valence-corrected chi connectivity index (χ1v) is 9.05. The Kier molecular flexibility index (Phi) is 5.82.